The van der Waals surface area contributed by atoms with Gasteiger partial charge in [-0.2, -0.15) is 0 Å². The number of halogens is 1. The minimum absolute atomic E-state index is 0.155. The first kappa shape index (κ1) is 15.3. The van der Waals surface area contributed by atoms with Crippen molar-refractivity contribution in [2.45, 2.75) is 13.2 Å². The van der Waals surface area contributed by atoms with Crippen molar-refractivity contribution in [2.75, 3.05) is 0 Å². The Kier molecular flexibility index (Phi) is 4.74. The Labute approximate surface area is 139 Å². The molecule has 1 aromatic heterocycles. The van der Waals surface area contributed by atoms with Crippen molar-refractivity contribution >= 4 is 11.6 Å². The Morgan fingerprint density at radius 1 is 1.00 bits per heavy atom. The third-order valence-electron chi connectivity index (χ3n) is 3.35. The van der Waals surface area contributed by atoms with Gasteiger partial charge in [-0.1, -0.05) is 54.1 Å². The van der Waals surface area contributed by atoms with Crippen molar-refractivity contribution in [3.63, 3.8) is 0 Å². The Balaban J connectivity index is 1.68. The summed E-state index contributed by atoms with van der Waals surface area (Å²) in [6.07, 6.45) is 1.50. The molecule has 0 aliphatic heterocycles. The smallest absolute Gasteiger partial charge is 0.257 e. The van der Waals surface area contributed by atoms with Crippen LogP contribution in [-0.2, 0) is 13.2 Å². The average molecular weight is 327 g/mol. The molecule has 0 radical (unpaired) electrons. The third-order valence-corrected chi connectivity index (χ3v) is 3.60. The van der Waals surface area contributed by atoms with Gasteiger partial charge in [-0.25, -0.2) is 4.98 Å². The molecular weight excluding hydrogens is 312 g/mol. The molecule has 0 unspecified atom stereocenters. The van der Waals surface area contributed by atoms with Crippen molar-refractivity contribution in [3.05, 3.63) is 93.5 Å². The maximum absolute atomic E-state index is 12.1. The molecular formula is C18H15ClN2O2. The van der Waals surface area contributed by atoms with Crippen molar-refractivity contribution in [1.29, 1.82) is 0 Å². The molecule has 0 saturated carbocycles. The quantitative estimate of drug-likeness (QED) is 0.720. The Bertz CT molecular complexity index is 830. The van der Waals surface area contributed by atoms with Gasteiger partial charge in [0.15, 0.2) is 0 Å². The van der Waals surface area contributed by atoms with Gasteiger partial charge in [0.2, 0.25) is 5.88 Å². The van der Waals surface area contributed by atoms with Crippen LogP contribution >= 0.6 is 11.6 Å². The van der Waals surface area contributed by atoms with Crippen LogP contribution in [0, 0.1) is 0 Å². The summed E-state index contributed by atoms with van der Waals surface area (Å²) >= 11 is 5.85. The molecule has 3 aromatic rings. The number of aromatic nitrogens is 2. The summed E-state index contributed by atoms with van der Waals surface area (Å²) in [6.45, 7) is 0.830. The number of rotatable bonds is 5. The van der Waals surface area contributed by atoms with E-state index in [9.17, 15) is 4.79 Å². The molecule has 0 amide bonds. The standard InChI is InChI=1S/C18H15ClN2O2/c19-16-8-6-14(7-9-16)11-21-13-20-17(10-18(21)22)23-12-15-4-2-1-3-5-15/h1-10,13H,11-12H2. The van der Waals surface area contributed by atoms with Crippen LogP contribution in [0.2, 0.25) is 5.02 Å². The first-order valence-corrected chi connectivity index (χ1v) is 7.56. The van der Waals surface area contributed by atoms with Gasteiger partial charge in [0, 0.05) is 5.02 Å². The zero-order valence-corrected chi connectivity index (χ0v) is 13.1. The number of hydrogen-bond donors (Lipinski definition) is 0. The topological polar surface area (TPSA) is 44.1 Å². The second-order valence-electron chi connectivity index (χ2n) is 5.09. The minimum atomic E-state index is -0.155. The van der Waals surface area contributed by atoms with E-state index in [2.05, 4.69) is 4.98 Å². The highest BCUT2D eigenvalue weighted by Gasteiger charge is 2.03. The van der Waals surface area contributed by atoms with E-state index in [-0.39, 0.29) is 5.56 Å². The van der Waals surface area contributed by atoms with Crippen LogP contribution in [0.4, 0.5) is 0 Å². The molecule has 0 aliphatic carbocycles. The van der Waals surface area contributed by atoms with Crippen LogP contribution in [0.15, 0.2) is 71.8 Å². The second kappa shape index (κ2) is 7.11. The molecule has 0 atom stereocenters. The van der Waals surface area contributed by atoms with Gasteiger partial charge in [-0.3, -0.25) is 9.36 Å². The zero-order chi connectivity index (χ0) is 16.1. The first-order chi connectivity index (χ1) is 11.2. The summed E-state index contributed by atoms with van der Waals surface area (Å²) in [5, 5.41) is 0.670. The third kappa shape index (κ3) is 4.20. The zero-order valence-electron chi connectivity index (χ0n) is 12.4. The monoisotopic (exact) mass is 326 g/mol. The maximum atomic E-state index is 12.1. The van der Waals surface area contributed by atoms with Crippen molar-refractivity contribution in [2.24, 2.45) is 0 Å². The van der Waals surface area contributed by atoms with Crippen LogP contribution in [0.3, 0.4) is 0 Å². The number of nitrogens with zero attached hydrogens (tertiary/aromatic N) is 2. The van der Waals surface area contributed by atoms with Crippen LogP contribution in [-0.4, -0.2) is 9.55 Å². The fourth-order valence-corrected chi connectivity index (χ4v) is 2.25. The Hall–Kier alpha value is -2.59. The fourth-order valence-electron chi connectivity index (χ4n) is 2.13. The van der Waals surface area contributed by atoms with Crippen molar-refractivity contribution in [3.8, 4) is 5.88 Å². The van der Waals surface area contributed by atoms with Crippen molar-refractivity contribution < 1.29 is 4.74 Å². The lowest BCUT2D eigenvalue weighted by Gasteiger charge is -2.08. The van der Waals surface area contributed by atoms with Gasteiger partial charge in [0.1, 0.15) is 12.9 Å². The lowest BCUT2D eigenvalue weighted by molar-refractivity contribution is 0.291. The summed E-state index contributed by atoms with van der Waals surface area (Å²) in [7, 11) is 0. The summed E-state index contributed by atoms with van der Waals surface area (Å²) in [5.41, 5.74) is 1.86. The van der Waals surface area contributed by atoms with Gasteiger partial charge in [-0.15, -0.1) is 0 Å². The molecule has 1 heterocycles. The predicted molar refractivity (Wildman–Crippen MR) is 89.8 cm³/mol. The van der Waals surface area contributed by atoms with E-state index in [1.807, 2.05) is 42.5 Å². The molecule has 0 spiro atoms. The minimum Gasteiger partial charge on any atom is -0.473 e. The lowest BCUT2D eigenvalue weighted by Crippen LogP contribution is -2.20. The molecule has 0 fully saturated rings. The summed E-state index contributed by atoms with van der Waals surface area (Å²) < 4.78 is 7.08. The van der Waals surface area contributed by atoms with E-state index in [4.69, 9.17) is 16.3 Å². The molecule has 3 rings (SSSR count). The van der Waals surface area contributed by atoms with Gasteiger partial charge >= 0.3 is 0 Å². The lowest BCUT2D eigenvalue weighted by atomic mass is 10.2. The van der Waals surface area contributed by atoms with E-state index in [0.717, 1.165) is 11.1 Å². The number of hydrogen-bond acceptors (Lipinski definition) is 3. The number of benzene rings is 2. The normalized spacial score (nSPS) is 10.5. The molecule has 0 bridgehead atoms. The van der Waals surface area contributed by atoms with Gasteiger partial charge in [0.25, 0.3) is 5.56 Å². The van der Waals surface area contributed by atoms with Crippen LogP contribution in [0.5, 0.6) is 5.88 Å². The molecule has 4 nitrogen and oxygen atoms in total. The van der Waals surface area contributed by atoms with Crippen LogP contribution in [0.25, 0.3) is 0 Å². The van der Waals surface area contributed by atoms with Crippen molar-refractivity contribution in [1.82, 2.24) is 9.55 Å². The molecule has 116 valence electrons. The van der Waals surface area contributed by atoms with Crippen LogP contribution in [0.1, 0.15) is 11.1 Å². The van der Waals surface area contributed by atoms with E-state index < -0.39 is 0 Å². The van der Waals surface area contributed by atoms with E-state index >= 15 is 0 Å². The van der Waals surface area contributed by atoms with Gasteiger partial charge in [-0.05, 0) is 23.3 Å². The molecule has 0 N–H and O–H groups in total. The van der Waals surface area contributed by atoms with Gasteiger partial charge < -0.3 is 4.74 Å². The fraction of sp³-hybridized carbons (Fsp3) is 0.111. The Morgan fingerprint density at radius 3 is 2.43 bits per heavy atom. The highest BCUT2D eigenvalue weighted by molar-refractivity contribution is 6.30. The predicted octanol–water partition coefficient (Wildman–Crippen LogP) is 3.52. The van der Waals surface area contributed by atoms with E-state index in [1.54, 1.807) is 12.1 Å². The second-order valence-corrected chi connectivity index (χ2v) is 5.53. The van der Waals surface area contributed by atoms with E-state index in [1.165, 1.54) is 17.0 Å². The summed E-state index contributed by atoms with van der Waals surface area (Å²) in [4.78, 5) is 16.3. The number of ether oxygens (including phenoxy) is 1. The molecule has 0 aliphatic rings. The molecule has 23 heavy (non-hydrogen) atoms. The SMILES string of the molecule is O=c1cc(OCc2ccccc2)ncn1Cc1ccc(Cl)cc1. The molecule has 5 heteroatoms. The summed E-state index contributed by atoms with van der Waals surface area (Å²) in [6, 6.07) is 18.5. The van der Waals surface area contributed by atoms with E-state index in [0.29, 0.717) is 24.1 Å². The van der Waals surface area contributed by atoms with Gasteiger partial charge in [0.05, 0.1) is 12.6 Å². The Morgan fingerprint density at radius 2 is 1.74 bits per heavy atom. The largest absolute Gasteiger partial charge is 0.473 e. The highest BCUT2D eigenvalue weighted by atomic mass is 35.5. The molecule has 2 aromatic carbocycles. The first-order valence-electron chi connectivity index (χ1n) is 7.18. The summed E-state index contributed by atoms with van der Waals surface area (Å²) in [5.74, 6) is 0.325. The molecule has 0 saturated heterocycles. The van der Waals surface area contributed by atoms with Crippen LogP contribution < -0.4 is 10.3 Å². The average Bonchev–Trinajstić information content (AvgIpc) is 2.58. The maximum Gasteiger partial charge on any atom is 0.257 e. The highest BCUT2D eigenvalue weighted by Crippen LogP contribution is 2.11.